The van der Waals surface area contributed by atoms with Gasteiger partial charge in [-0.3, -0.25) is 10.1 Å². The molecule has 0 radical (unpaired) electrons. The van der Waals surface area contributed by atoms with Gasteiger partial charge in [0.25, 0.3) is 5.69 Å². The molecular formula is C16H14F3N3O3. The van der Waals surface area contributed by atoms with Gasteiger partial charge >= 0.3 is 12.2 Å². The molecule has 2 amide bonds. The van der Waals surface area contributed by atoms with E-state index in [1.807, 2.05) is 5.32 Å². The number of urea groups is 1. The highest BCUT2D eigenvalue weighted by Gasteiger charge is 2.42. The van der Waals surface area contributed by atoms with Crippen molar-refractivity contribution in [2.24, 2.45) is 0 Å². The standard InChI is InChI=1S/C16H14F3N3O3/c1-10-6-8-11(9-7-10)14(16(17,18)19)21-15(23)20-12-4-2-3-5-13(12)22(24)25/h2-9,14H,1H3,(H2,20,21,23)/t14-/m1/s1. The predicted molar refractivity (Wildman–Crippen MR) is 85.2 cm³/mol. The molecule has 25 heavy (non-hydrogen) atoms. The van der Waals surface area contributed by atoms with Crippen LogP contribution in [0, 0.1) is 17.0 Å². The van der Waals surface area contributed by atoms with Gasteiger partial charge in [-0.05, 0) is 18.6 Å². The Morgan fingerprint density at radius 1 is 1.12 bits per heavy atom. The van der Waals surface area contributed by atoms with Crippen molar-refractivity contribution in [1.82, 2.24) is 5.32 Å². The summed E-state index contributed by atoms with van der Waals surface area (Å²) in [5.74, 6) is 0. The monoisotopic (exact) mass is 353 g/mol. The Kier molecular flexibility index (Phi) is 5.26. The van der Waals surface area contributed by atoms with Crippen LogP contribution < -0.4 is 10.6 Å². The lowest BCUT2D eigenvalue weighted by atomic mass is 10.0. The Bertz CT molecular complexity index is 776. The number of nitro groups is 1. The SMILES string of the molecule is Cc1ccc([C@@H](NC(=O)Nc2ccccc2[N+](=O)[O-])C(F)(F)F)cc1. The third-order valence-corrected chi connectivity index (χ3v) is 3.36. The summed E-state index contributed by atoms with van der Waals surface area (Å²) >= 11 is 0. The number of carbonyl (C=O) groups is 1. The minimum absolute atomic E-state index is 0.143. The zero-order chi connectivity index (χ0) is 18.6. The molecule has 0 heterocycles. The number of amides is 2. The maximum Gasteiger partial charge on any atom is 0.412 e. The minimum Gasteiger partial charge on any atom is -0.322 e. The molecule has 132 valence electrons. The molecular weight excluding hydrogens is 339 g/mol. The Morgan fingerprint density at radius 3 is 2.28 bits per heavy atom. The number of hydrogen-bond donors (Lipinski definition) is 2. The lowest BCUT2D eigenvalue weighted by Crippen LogP contribution is -2.40. The van der Waals surface area contributed by atoms with Gasteiger partial charge < -0.3 is 10.6 Å². The van der Waals surface area contributed by atoms with Crippen LogP contribution >= 0.6 is 0 Å². The smallest absolute Gasteiger partial charge is 0.322 e. The molecule has 0 aliphatic heterocycles. The molecule has 0 aliphatic rings. The number of rotatable bonds is 4. The quantitative estimate of drug-likeness (QED) is 0.634. The topological polar surface area (TPSA) is 84.3 Å². The molecule has 2 N–H and O–H groups in total. The summed E-state index contributed by atoms with van der Waals surface area (Å²) in [5.41, 5.74) is 0.0104. The van der Waals surface area contributed by atoms with Crippen LogP contribution in [0.15, 0.2) is 48.5 Å². The van der Waals surface area contributed by atoms with E-state index in [-0.39, 0.29) is 11.3 Å². The van der Waals surface area contributed by atoms with E-state index < -0.39 is 28.9 Å². The summed E-state index contributed by atoms with van der Waals surface area (Å²) in [4.78, 5) is 22.1. The second-order valence-corrected chi connectivity index (χ2v) is 5.26. The maximum atomic E-state index is 13.3. The number of nitrogens with zero attached hydrogens (tertiary/aromatic N) is 1. The van der Waals surface area contributed by atoms with E-state index in [0.29, 0.717) is 0 Å². The number of nitrogens with one attached hydrogen (secondary N) is 2. The highest BCUT2D eigenvalue weighted by Crippen LogP contribution is 2.33. The zero-order valence-corrected chi connectivity index (χ0v) is 13.0. The second kappa shape index (κ2) is 7.20. The van der Waals surface area contributed by atoms with Crippen molar-refractivity contribution >= 4 is 17.4 Å². The summed E-state index contributed by atoms with van der Waals surface area (Å²) in [6.45, 7) is 1.72. The molecule has 0 bridgehead atoms. The Morgan fingerprint density at radius 2 is 1.72 bits per heavy atom. The van der Waals surface area contributed by atoms with E-state index in [0.717, 1.165) is 11.6 Å². The Balaban J connectivity index is 2.21. The molecule has 9 heteroatoms. The van der Waals surface area contributed by atoms with Crippen molar-refractivity contribution in [2.75, 3.05) is 5.32 Å². The van der Waals surface area contributed by atoms with E-state index in [1.54, 1.807) is 6.92 Å². The first kappa shape index (κ1) is 18.2. The fourth-order valence-corrected chi connectivity index (χ4v) is 2.14. The first-order valence-corrected chi connectivity index (χ1v) is 7.12. The van der Waals surface area contributed by atoms with Crippen molar-refractivity contribution in [3.8, 4) is 0 Å². The second-order valence-electron chi connectivity index (χ2n) is 5.26. The largest absolute Gasteiger partial charge is 0.412 e. The molecule has 0 saturated heterocycles. The van der Waals surface area contributed by atoms with Crippen LogP contribution in [0.25, 0.3) is 0 Å². The molecule has 1 atom stereocenters. The van der Waals surface area contributed by atoms with Gasteiger partial charge in [-0.1, -0.05) is 42.0 Å². The molecule has 2 aromatic rings. The van der Waals surface area contributed by atoms with Gasteiger partial charge in [0.1, 0.15) is 5.69 Å². The van der Waals surface area contributed by atoms with E-state index >= 15 is 0 Å². The number of aryl methyl sites for hydroxylation is 1. The molecule has 0 unspecified atom stereocenters. The number of hydrogen-bond acceptors (Lipinski definition) is 3. The molecule has 6 nitrogen and oxygen atoms in total. The fraction of sp³-hybridized carbons (Fsp3) is 0.188. The van der Waals surface area contributed by atoms with Gasteiger partial charge in [0.2, 0.25) is 0 Å². The van der Waals surface area contributed by atoms with Crippen LogP contribution in [0.3, 0.4) is 0 Å². The lowest BCUT2D eigenvalue weighted by Gasteiger charge is -2.22. The number of para-hydroxylation sites is 2. The van der Waals surface area contributed by atoms with E-state index in [9.17, 15) is 28.1 Å². The van der Waals surface area contributed by atoms with Crippen LogP contribution in [0.1, 0.15) is 17.2 Å². The normalized spacial score (nSPS) is 12.3. The number of halogens is 3. The maximum absolute atomic E-state index is 13.3. The van der Waals surface area contributed by atoms with Crippen LogP contribution in [0.2, 0.25) is 0 Å². The molecule has 0 spiro atoms. The van der Waals surface area contributed by atoms with Gasteiger partial charge in [-0.15, -0.1) is 0 Å². The number of benzene rings is 2. The van der Waals surface area contributed by atoms with E-state index in [1.165, 1.54) is 42.5 Å². The molecule has 2 rings (SSSR count). The third kappa shape index (κ3) is 4.69. The first-order chi connectivity index (χ1) is 11.7. The summed E-state index contributed by atoms with van der Waals surface area (Å²) < 4.78 is 39.8. The molecule has 0 aliphatic carbocycles. The van der Waals surface area contributed by atoms with Crippen molar-refractivity contribution < 1.29 is 22.9 Å². The number of alkyl halides is 3. The highest BCUT2D eigenvalue weighted by molar-refractivity contribution is 5.92. The van der Waals surface area contributed by atoms with Gasteiger partial charge in [-0.2, -0.15) is 13.2 Å². The van der Waals surface area contributed by atoms with Crippen LogP contribution in [-0.2, 0) is 0 Å². The van der Waals surface area contributed by atoms with Crippen molar-refractivity contribution in [2.45, 2.75) is 19.1 Å². The third-order valence-electron chi connectivity index (χ3n) is 3.36. The molecule has 0 fully saturated rings. The van der Waals surface area contributed by atoms with Crippen molar-refractivity contribution in [3.63, 3.8) is 0 Å². The number of anilines is 1. The van der Waals surface area contributed by atoms with Crippen molar-refractivity contribution in [1.29, 1.82) is 0 Å². The molecule has 0 aromatic heterocycles. The lowest BCUT2D eigenvalue weighted by molar-refractivity contribution is -0.383. The van der Waals surface area contributed by atoms with Gasteiger partial charge in [-0.25, -0.2) is 4.79 Å². The average Bonchev–Trinajstić information content (AvgIpc) is 2.53. The number of nitro benzene ring substituents is 1. The minimum atomic E-state index is -4.73. The molecule has 0 saturated carbocycles. The first-order valence-electron chi connectivity index (χ1n) is 7.12. The summed E-state index contributed by atoms with van der Waals surface area (Å²) in [6.07, 6.45) is -4.73. The summed E-state index contributed by atoms with van der Waals surface area (Å²) in [5, 5.41) is 14.8. The summed E-state index contributed by atoms with van der Waals surface area (Å²) in [7, 11) is 0. The van der Waals surface area contributed by atoms with Crippen molar-refractivity contribution in [3.05, 3.63) is 69.8 Å². The zero-order valence-electron chi connectivity index (χ0n) is 13.0. The van der Waals surface area contributed by atoms with E-state index in [4.69, 9.17) is 0 Å². The Hall–Kier alpha value is -3.10. The predicted octanol–water partition coefficient (Wildman–Crippen LogP) is 4.33. The van der Waals surface area contributed by atoms with Gasteiger partial charge in [0, 0.05) is 6.07 Å². The Labute approximate surface area is 140 Å². The summed E-state index contributed by atoms with van der Waals surface area (Å²) in [6, 6.07) is 7.25. The highest BCUT2D eigenvalue weighted by atomic mass is 19.4. The fourth-order valence-electron chi connectivity index (χ4n) is 2.14. The van der Waals surface area contributed by atoms with Gasteiger partial charge in [0.05, 0.1) is 4.92 Å². The van der Waals surface area contributed by atoms with Gasteiger partial charge in [0.15, 0.2) is 6.04 Å². The van der Waals surface area contributed by atoms with Crippen LogP contribution in [-0.4, -0.2) is 17.1 Å². The number of carbonyl (C=O) groups excluding carboxylic acids is 1. The van der Waals surface area contributed by atoms with E-state index in [2.05, 4.69) is 5.32 Å². The average molecular weight is 353 g/mol. The van der Waals surface area contributed by atoms with Crippen LogP contribution in [0.5, 0.6) is 0 Å². The molecule has 2 aromatic carbocycles. The van der Waals surface area contributed by atoms with Crippen LogP contribution in [0.4, 0.5) is 29.3 Å².